The van der Waals surface area contributed by atoms with Crippen molar-refractivity contribution < 1.29 is 22.7 Å². The van der Waals surface area contributed by atoms with Crippen LogP contribution in [-0.4, -0.2) is 12.5 Å². The molecule has 0 saturated carbocycles. The number of halogens is 2. The molecule has 1 N–H and O–H groups in total. The maximum absolute atomic E-state index is 12.3. The third kappa shape index (κ3) is 4.44. The number of para-hydroxylation sites is 1. The first kappa shape index (κ1) is 15.8. The lowest BCUT2D eigenvalue weighted by atomic mass is 10.2. The van der Waals surface area contributed by atoms with Gasteiger partial charge in [-0.3, -0.25) is 4.79 Å². The average molecular weight is 307 g/mol. The van der Waals surface area contributed by atoms with Gasteiger partial charge in [0, 0.05) is 11.6 Å². The van der Waals surface area contributed by atoms with Crippen molar-refractivity contribution in [2.24, 2.45) is 0 Å². The lowest BCUT2D eigenvalue weighted by Gasteiger charge is -2.09. The fraction of sp³-hybridized carbons (Fsp3) is 0.188. The van der Waals surface area contributed by atoms with Crippen LogP contribution in [0.5, 0.6) is 5.75 Å². The number of ether oxygens (including phenoxy) is 1. The van der Waals surface area contributed by atoms with E-state index in [1.54, 1.807) is 37.3 Å². The fourth-order valence-corrected chi connectivity index (χ4v) is 1.86. The SMILES string of the molecule is CC(NC(=O)C=Cc1ccccc1OC(F)F)c1ccco1. The minimum atomic E-state index is -2.91. The van der Waals surface area contributed by atoms with Crippen LogP contribution in [0.4, 0.5) is 8.78 Å². The molecule has 0 aliphatic carbocycles. The Kier molecular flexibility index (Phi) is 5.30. The van der Waals surface area contributed by atoms with Gasteiger partial charge in [0.15, 0.2) is 0 Å². The summed E-state index contributed by atoms with van der Waals surface area (Å²) in [4.78, 5) is 11.8. The van der Waals surface area contributed by atoms with E-state index in [4.69, 9.17) is 4.42 Å². The molecule has 1 aromatic carbocycles. The second-order valence-corrected chi connectivity index (χ2v) is 4.50. The molecule has 0 saturated heterocycles. The van der Waals surface area contributed by atoms with Gasteiger partial charge in [0.05, 0.1) is 12.3 Å². The highest BCUT2D eigenvalue weighted by molar-refractivity contribution is 5.92. The Balaban J connectivity index is 2.01. The summed E-state index contributed by atoms with van der Waals surface area (Å²) >= 11 is 0. The molecule has 0 spiro atoms. The molecule has 1 amide bonds. The molecule has 0 aliphatic heterocycles. The van der Waals surface area contributed by atoms with Crippen LogP contribution in [0.25, 0.3) is 6.08 Å². The zero-order valence-corrected chi connectivity index (χ0v) is 11.8. The third-order valence-electron chi connectivity index (χ3n) is 2.88. The van der Waals surface area contributed by atoms with Gasteiger partial charge in [0.25, 0.3) is 0 Å². The zero-order valence-electron chi connectivity index (χ0n) is 11.8. The first-order chi connectivity index (χ1) is 10.6. The van der Waals surface area contributed by atoms with Crippen molar-refractivity contribution in [1.29, 1.82) is 0 Å². The molecule has 0 bridgehead atoms. The van der Waals surface area contributed by atoms with E-state index in [0.29, 0.717) is 11.3 Å². The van der Waals surface area contributed by atoms with Gasteiger partial charge in [-0.05, 0) is 31.2 Å². The number of furan rings is 1. The highest BCUT2D eigenvalue weighted by Gasteiger charge is 2.10. The second kappa shape index (κ2) is 7.40. The maximum atomic E-state index is 12.3. The summed E-state index contributed by atoms with van der Waals surface area (Å²) in [6, 6.07) is 9.42. The van der Waals surface area contributed by atoms with Gasteiger partial charge in [-0.1, -0.05) is 18.2 Å². The van der Waals surface area contributed by atoms with Crippen LogP contribution in [0.3, 0.4) is 0 Å². The number of nitrogens with one attached hydrogen (secondary N) is 1. The summed E-state index contributed by atoms with van der Waals surface area (Å²) in [7, 11) is 0. The van der Waals surface area contributed by atoms with E-state index in [2.05, 4.69) is 10.1 Å². The van der Waals surface area contributed by atoms with E-state index in [9.17, 15) is 13.6 Å². The van der Waals surface area contributed by atoms with Crippen LogP contribution in [-0.2, 0) is 4.79 Å². The van der Waals surface area contributed by atoms with Crippen LogP contribution in [0.15, 0.2) is 53.2 Å². The molecule has 2 rings (SSSR count). The van der Waals surface area contributed by atoms with Crippen molar-refractivity contribution >= 4 is 12.0 Å². The van der Waals surface area contributed by atoms with Crippen molar-refractivity contribution in [3.63, 3.8) is 0 Å². The molecule has 116 valence electrons. The Morgan fingerprint density at radius 3 is 2.73 bits per heavy atom. The Labute approximate surface area is 126 Å². The normalized spacial score (nSPS) is 12.5. The monoisotopic (exact) mass is 307 g/mol. The maximum Gasteiger partial charge on any atom is 0.387 e. The second-order valence-electron chi connectivity index (χ2n) is 4.50. The van der Waals surface area contributed by atoms with Crippen LogP contribution in [0, 0.1) is 0 Å². The Hall–Kier alpha value is -2.63. The van der Waals surface area contributed by atoms with Gasteiger partial charge >= 0.3 is 6.61 Å². The molecule has 22 heavy (non-hydrogen) atoms. The molecule has 1 atom stereocenters. The Morgan fingerprint density at radius 1 is 1.27 bits per heavy atom. The third-order valence-corrected chi connectivity index (χ3v) is 2.88. The number of hydrogen-bond donors (Lipinski definition) is 1. The number of alkyl halides is 2. The summed E-state index contributed by atoms with van der Waals surface area (Å²) in [6.45, 7) is -1.14. The van der Waals surface area contributed by atoms with E-state index in [1.807, 2.05) is 0 Å². The van der Waals surface area contributed by atoms with E-state index >= 15 is 0 Å². The lowest BCUT2D eigenvalue weighted by molar-refractivity contribution is -0.117. The molecule has 0 radical (unpaired) electrons. The van der Waals surface area contributed by atoms with Crippen LogP contribution in [0.2, 0.25) is 0 Å². The molecular formula is C16H15F2NO3. The summed E-state index contributed by atoms with van der Waals surface area (Å²) < 4.78 is 34.2. The van der Waals surface area contributed by atoms with Gasteiger partial charge in [-0.15, -0.1) is 0 Å². The number of hydrogen-bond acceptors (Lipinski definition) is 3. The standard InChI is InChI=1S/C16H15F2NO3/c1-11(13-7-4-10-21-13)19-15(20)9-8-12-5-2-3-6-14(12)22-16(17)18/h2-11,16H,1H3,(H,19,20). The first-order valence-electron chi connectivity index (χ1n) is 6.62. The van der Waals surface area contributed by atoms with E-state index in [-0.39, 0.29) is 17.7 Å². The summed E-state index contributed by atoms with van der Waals surface area (Å²) in [6.07, 6.45) is 4.20. The summed E-state index contributed by atoms with van der Waals surface area (Å²) in [5.41, 5.74) is 0.392. The van der Waals surface area contributed by atoms with Crippen LogP contribution >= 0.6 is 0 Å². The number of rotatable bonds is 6. The van der Waals surface area contributed by atoms with Crippen molar-refractivity contribution in [3.05, 3.63) is 60.1 Å². The smallest absolute Gasteiger partial charge is 0.387 e. The fourth-order valence-electron chi connectivity index (χ4n) is 1.86. The number of benzene rings is 1. The Bertz CT molecular complexity index is 639. The predicted octanol–water partition coefficient (Wildman–Crippen LogP) is 3.77. The molecule has 1 unspecified atom stereocenters. The lowest BCUT2D eigenvalue weighted by Crippen LogP contribution is -2.24. The Morgan fingerprint density at radius 2 is 2.05 bits per heavy atom. The van der Waals surface area contributed by atoms with Gasteiger partial charge < -0.3 is 14.5 Å². The molecule has 2 aromatic rings. The highest BCUT2D eigenvalue weighted by atomic mass is 19.3. The van der Waals surface area contributed by atoms with Crippen molar-refractivity contribution in [1.82, 2.24) is 5.32 Å². The molecule has 1 aromatic heterocycles. The average Bonchev–Trinajstić information content (AvgIpc) is 3.00. The van der Waals surface area contributed by atoms with Gasteiger partial charge in [0.2, 0.25) is 5.91 Å². The first-order valence-corrected chi connectivity index (χ1v) is 6.62. The zero-order chi connectivity index (χ0) is 15.9. The van der Waals surface area contributed by atoms with E-state index in [1.165, 1.54) is 24.5 Å². The van der Waals surface area contributed by atoms with Crippen molar-refractivity contribution in [3.8, 4) is 5.75 Å². The molecule has 4 nitrogen and oxygen atoms in total. The number of carbonyl (C=O) groups excluding carboxylic acids is 1. The summed E-state index contributed by atoms with van der Waals surface area (Å²) in [5, 5.41) is 2.70. The van der Waals surface area contributed by atoms with Crippen LogP contribution < -0.4 is 10.1 Å². The van der Waals surface area contributed by atoms with Crippen LogP contribution in [0.1, 0.15) is 24.3 Å². The largest absolute Gasteiger partial charge is 0.467 e. The molecular weight excluding hydrogens is 292 g/mol. The van der Waals surface area contributed by atoms with E-state index in [0.717, 1.165) is 0 Å². The minimum absolute atomic E-state index is 0.0145. The number of amides is 1. The highest BCUT2D eigenvalue weighted by Crippen LogP contribution is 2.21. The minimum Gasteiger partial charge on any atom is -0.467 e. The molecule has 0 fully saturated rings. The number of carbonyl (C=O) groups is 1. The molecule has 6 heteroatoms. The van der Waals surface area contributed by atoms with Gasteiger partial charge in [-0.2, -0.15) is 8.78 Å². The topological polar surface area (TPSA) is 51.5 Å². The van der Waals surface area contributed by atoms with E-state index < -0.39 is 6.61 Å². The summed E-state index contributed by atoms with van der Waals surface area (Å²) in [5.74, 6) is 0.277. The molecule has 1 heterocycles. The molecule has 0 aliphatic rings. The van der Waals surface area contributed by atoms with Gasteiger partial charge in [-0.25, -0.2) is 0 Å². The quantitative estimate of drug-likeness (QED) is 0.826. The van der Waals surface area contributed by atoms with Gasteiger partial charge in [0.1, 0.15) is 11.5 Å². The van der Waals surface area contributed by atoms with Crippen molar-refractivity contribution in [2.45, 2.75) is 19.6 Å². The predicted molar refractivity (Wildman–Crippen MR) is 77.4 cm³/mol. The van der Waals surface area contributed by atoms with Crippen molar-refractivity contribution in [2.75, 3.05) is 0 Å².